The van der Waals surface area contributed by atoms with Gasteiger partial charge < -0.3 is 0 Å². The van der Waals surface area contributed by atoms with E-state index in [1.807, 2.05) is 13.0 Å². The SMILES string of the molecule is Cc1ccc(S(=O)(=O)Cn2nnnc2[C@H](C(C)C)N2CCN(Cc3ccccc3)CC2)cc1. The molecule has 0 bridgehead atoms. The van der Waals surface area contributed by atoms with Crippen LogP contribution >= 0.6 is 0 Å². The minimum Gasteiger partial charge on any atom is -0.297 e. The number of piperazine rings is 1. The summed E-state index contributed by atoms with van der Waals surface area (Å²) >= 11 is 0. The average molecular weight is 469 g/mol. The van der Waals surface area contributed by atoms with Gasteiger partial charge in [-0.1, -0.05) is 61.9 Å². The molecule has 1 aliphatic rings. The van der Waals surface area contributed by atoms with Crippen molar-refractivity contribution < 1.29 is 8.42 Å². The molecule has 0 aliphatic carbocycles. The predicted molar refractivity (Wildman–Crippen MR) is 127 cm³/mol. The van der Waals surface area contributed by atoms with Crippen molar-refractivity contribution in [2.75, 3.05) is 26.2 Å². The van der Waals surface area contributed by atoms with Crippen molar-refractivity contribution >= 4 is 9.84 Å². The quantitative estimate of drug-likeness (QED) is 0.503. The van der Waals surface area contributed by atoms with Crippen molar-refractivity contribution in [2.45, 2.75) is 44.1 Å². The first kappa shape index (κ1) is 23.5. The van der Waals surface area contributed by atoms with Crippen molar-refractivity contribution in [1.82, 2.24) is 30.0 Å². The van der Waals surface area contributed by atoms with Gasteiger partial charge in [-0.3, -0.25) is 9.80 Å². The Morgan fingerprint density at radius 2 is 1.61 bits per heavy atom. The van der Waals surface area contributed by atoms with Crippen LogP contribution < -0.4 is 0 Å². The Kier molecular flexibility index (Phi) is 7.21. The van der Waals surface area contributed by atoms with Crippen LogP contribution in [0.25, 0.3) is 0 Å². The highest BCUT2D eigenvalue weighted by Crippen LogP contribution is 2.29. The van der Waals surface area contributed by atoms with Gasteiger partial charge in [0, 0.05) is 32.7 Å². The first-order chi connectivity index (χ1) is 15.8. The van der Waals surface area contributed by atoms with E-state index in [-0.39, 0.29) is 22.7 Å². The van der Waals surface area contributed by atoms with Gasteiger partial charge in [-0.05, 0) is 41.0 Å². The van der Waals surface area contributed by atoms with Crippen molar-refractivity contribution in [1.29, 1.82) is 0 Å². The molecule has 1 fully saturated rings. The maximum atomic E-state index is 13.0. The van der Waals surface area contributed by atoms with Crippen LogP contribution in [0.4, 0.5) is 0 Å². The Bertz CT molecular complexity index is 1140. The molecule has 8 nitrogen and oxygen atoms in total. The number of nitrogens with zero attached hydrogens (tertiary/aromatic N) is 6. The molecule has 0 saturated carbocycles. The highest BCUT2D eigenvalue weighted by molar-refractivity contribution is 7.90. The summed E-state index contributed by atoms with van der Waals surface area (Å²) in [5.74, 6) is 0.574. The van der Waals surface area contributed by atoms with Crippen molar-refractivity contribution in [3.8, 4) is 0 Å². The second-order valence-electron chi connectivity index (χ2n) is 9.08. The highest BCUT2D eigenvalue weighted by Gasteiger charge is 2.32. The molecule has 0 unspecified atom stereocenters. The molecule has 1 atom stereocenters. The number of aromatic nitrogens is 4. The lowest BCUT2D eigenvalue weighted by molar-refractivity contribution is 0.0666. The third kappa shape index (κ3) is 5.66. The zero-order valence-electron chi connectivity index (χ0n) is 19.5. The standard InChI is InChI=1S/C24H32N6O2S/c1-19(2)23(29-15-13-28(14-16-29)17-21-7-5-4-6-8-21)24-25-26-27-30(24)18-33(31,32)22-11-9-20(3)10-12-22/h4-12,19,23H,13-18H2,1-3H3/t23-/m0/s1. The first-order valence-electron chi connectivity index (χ1n) is 11.4. The minimum atomic E-state index is -3.56. The fourth-order valence-corrected chi connectivity index (χ4v) is 5.63. The zero-order chi connectivity index (χ0) is 23.4. The molecule has 0 radical (unpaired) electrons. The summed E-state index contributed by atoms with van der Waals surface area (Å²) in [7, 11) is -3.56. The van der Waals surface area contributed by atoms with Crippen molar-refractivity contribution in [2.24, 2.45) is 5.92 Å². The van der Waals surface area contributed by atoms with Crippen LogP contribution in [-0.4, -0.2) is 64.6 Å². The second kappa shape index (κ2) is 10.1. The molecule has 2 heterocycles. The molecule has 176 valence electrons. The molecule has 9 heteroatoms. The Morgan fingerprint density at radius 1 is 0.939 bits per heavy atom. The highest BCUT2D eigenvalue weighted by atomic mass is 32.2. The predicted octanol–water partition coefficient (Wildman–Crippen LogP) is 2.93. The maximum absolute atomic E-state index is 13.0. The molecule has 3 aromatic rings. The van der Waals surface area contributed by atoms with Gasteiger partial charge in [0.05, 0.1) is 10.9 Å². The van der Waals surface area contributed by atoms with Crippen LogP contribution in [0.2, 0.25) is 0 Å². The van der Waals surface area contributed by atoms with E-state index < -0.39 is 9.84 Å². The molecular weight excluding hydrogens is 436 g/mol. The Balaban J connectivity index is 1.47. The van der Waals surface area contributed by atoms with Gasteiger partial charge in [-0.2, -0.15) is 0 Å². The first-order valence-corrected chi connectivity index (χ1v) is 13.0. The van der Waals surface area contributed by atoms with E-state index in [9.17, 15) is 8.42 Å². The van der Waals surface area contributed by atoms with E-state index in [0.29, 0.717) is 5.82 Å². The van der Waals surface area contributed by atoms with E-state index >= 15 is 0 Å². The fourth-order valence-electron chi connectivity index (χ4n) is 4.42. The number of tetrazole rings is 1. The monoisotopic (exact) mass is 468 g/mol. The lowest BCUT2D eigenvalue weighted by Gasteiger charge is -2.40. The van der Waals surface area contributed by atoms with E-state index in [0.717, 1.165) is 38.3 Å². The summed E-state index contributed by atoms with van der Waals surface area (Å²) < 4.78 is 27.5. The fraction of sp³-hybridized carbons (Fsp3) is 0.458. The van der Waals surface area contributed by atoms with Crippen molar-refractivity contribution in [3.05, 3.63) is 71.5 Å². The maximum Gasteiger partial charge on any atom is 0.198 e. The Morgan fingerprint density at radius 3 is 2.24 bits per heavy atom. The van der Waals surface area contributed by atoms with E-state index in [4.69, 9.17) is 0 Å². The summed E-state index contributed by atoms with van der Waals surface area (Å²) in [6.45, 7) is 10.8. The van der Waals surface area contributed by atoms with Gasteiger partial charge in [0.15, 0.2) is 21.5 Å². The molecule has 1 aromatic heterocycles. The molecule has 0 spiro atoms. The van der Waals surface area contributed by atoms with Gasteiger partial charge >= 0.3 is 0 Å². The molecule has 0 amide bonds. The largest absolute Gasteiger partial charge is 0.297 e. The van der Waals surface area contributed by atoms with Gasteiger partial charge in [-0.15, -0.1) is 5.10 Å². The smallest absolute Gasteiger partial charge is 0.198 e. The van der Waals surface area contributed by atoms with E-state index in [1.165, 1.54) is 10.2 Å². The number of hydrogen-bond donors (Lipinski definition) is 0. The average Bonchev–Trinajstić information content (AvgIpc) is 3.22. The lowest BCUT2D eigenvalue weighted by Crippen LogP contribution is -2.48. The molecule has 0 N–H and O–H groups in total. The molecular formula is C24H32N6O2S. The van der Waals surface area contributed by atoms with Crippen LogP contribution in [-0.2, 0) is 22.3 Å². The Labute approximate surface area is 196 Å². The van der Waals surface area contributed by atoms with Gasteiger partial charge in [0.2, 0.25) is 0 Å². The number of benzene rings is 2. The molecule has 2 aromatic carbocycles. The van der Waals surface area contributed by atoms with Gasteiger partial charge in [0.25, 0.3) is 0 Å². The molecule has 33 heavy (non-hydrogen) atoms. The van der Waals surface area contributed by atoms with E-state index in [2.05, 4.69) is 63.4 Å². The summed E-state index contributed by atoms with van der Waals surface area (Å²) in [6.07, 6.45) is 0. The van der Waals surface area contributed by atoms with E-state index in [1.54, 1.807) is 24.3 Å². The number of hydrogen-bond acceptors (Lipinski definition) is 7. The third-order valence-electron chi connectivity index (χ3n) is 6.18. The number of sulfone groups is 1. The summed E-state index contributed by atoms with van der Waals surface area (Å²) in [4.78, 5) is 5.12. The third-order valence-corrected chi connectivity index (χ3v) is 7.75. The molecule has 1 saturated heterocycles. The van der Waals surface area contributed by atoms with Crippen LogP contribution in [0, 0.1) is 12.8 Å². The van der Waals surface area contributed by atoms with Crippen LogP contribution in [0.15, 0.2) is 59.5 Å². The Hall–Kier alpha value is -2.62. The van der Waals surface area contributed by atoms with Gasteiger partial charge in [0.1, 0.15) is 0 Å². The summed E-state index contributed by atoms with van der Waals surface area (Å²) in [6, 6.07) is 17.3. The molecule has 4 rings (SSSR count). The topological polar surface area (TPSA) is 84.2 Å². The number of aryl methyl sites for hydroxylation is 1. The van der Waals surface area contributed by atoms with Crippen LogP contribution in [0.3, 0.4) is 0 Å². The van der Waals surface area contributed by atoms with Crippen LogP contribution in [0.5, 0.6) is 0 Å². The molecule has 1 aliphatic heterocycles. The summed E-state index contributed by atoms with van der Waals surface area (Å²) in [5, 5.41) is 12.2. The minimum absolute atomic E-state index is 0.0490. The lowest BCUT2D eigenvalue weighted by atomic mass is 10.0. The normalized spacial score (nSPS) is 16.8. The van der Waals surface area contributed by atoms with Gasteiger partial charge in [-0.25, -0.2) is 13.1 Å². The van der Waals surface area contributed by atoms with Crippen LogP contribution in [0.1, 0.15) is 36.8 Å². The number of rotatable bonds is 8. The second-order valence-corrected chi connectivity index (χ2v) is 11.0. The van der Waals surface area contributed by atoms with Crippen molar-refractivity contribution in [3.63, 3.8) is 0 Å². The summed E-state index contributed by atoms with van der Waals surface area (Å²) in [5.41, 5.74) is 2.33. The zero-order valence-corrected chi connectivity index (χ0v) is 20.3.